The van der Waals surface area contributed by atoms with Gasteiger partial charge in [0.2, 0.25) is 0 Å². The summed E-state index contributed by atoms with van der Waals surface area (Å²) in [6.07, 6.45) is 5.67. The van der Waals surface area contributed by atoms with E-state index in [1.807, 2.05) is 0 Å². The molecule has 0 spiro atoms. The Morgan fingerprint density at radius 3 is 2.94 bits per heavy atom. The first-order valence-electron chi connectivity index (χ1n) is 6.77. The molecule has 3 nitrogen and oxygen atoms in total. The summed E-state index contributed by atoms with van der Waals surface area (Å²) in [7, 11) is 0. The Hall–Kier alpha value is -0.120. The van der Waals surface area contributed by atoms with Crippen LogP contribution in [-0.4, -0.2) is 37.9 Å². The molecule has 2 N–H and O–H groups in total. The van der Waals surface area contributed by atoms with Gasteiger partial charge in [0.15, 0.2) is 0 Å². The molecule has 3 heteroatoms. The third kappa shape index (κ3) is 3.19. The van der Waals surface area contributed by atoms with Crippen LogP contribution in [0.1, 0.15) is 39.5 Å². The third-order valence-corrected chi connectivity index (χ3v) is 4.16. The number of nitrogens with one attached hydrogen (secondary N) is 2. The average Bonchev–Trinajstić information content (AvgIpc) is 2.65. The molecule has 0 saturated carbocycles. The molecule has 0 aromatic rings. The molecule has 3 atom stereocenters. The van der Waals surface area contributed by atoms with Crippen molar-refractivity contribution >= 4 is 0 Å². The maximum absolute atomic E-state index is 5.58. The maximum atomic E-state index is 5.58. The molecule has 16 heavy (non-hydrogen) atoms. The van der Waals surface area contributed by atoms with Crippen LogP contribution in [0.4, 0.5) is 0 Å². The molecule has 2 fully saturated rings. The highest BCUT2D eigenvalue weighted by atomic mass is 16.5. The number of piperidine rings is 1. The van der Waals surface area contributed by atoms with Crippen LogP contribution in [-0.2, 0) is 4.74 Å². The first kappa shape index (κ1) is 12.3. The van der Waals surface area contributed by atoms with Gasteiger partial charge < -0.3 is 15.4 Å². The van der Waals surface area contributed by atoms with Crippen molar-refractivity contribution in [2.45, 2.75) is 51.2 Å². The van der Waals surface area contributed by atoms with Crippen molar-refractivity contribution in [3.63, 3.8) is 0 Å². The van der Waals surface area contributed by atoms with E-state index in [4.69, 9.17) is 4.74 Å². The molecule has 3 unspecified atom stereocenters. The van der Waals surface area contributed by atoms with Crippen molar-refractivity contribution in [1.29, 1.82) is 0 Å². The fourth-order valence-electron chi connectivity index (χ4n) is 2.85. The lowest BCUT2D eigenvalue weighted by Crippen LogP contribution is -2.53. The predicted octanol–water partition coefficient (Wildman–Crippen LogP) is 1.53. The quantitative estimate of drug-likeness (QED) is 0.763. The molecule has 0 bridgehead atoms. The Morgan fingerprint density at radius 2 is 2.31 bits per heavy atom. The van der Waals surface area contributed by atoms with E-state index in [1.54, 1.807) is 0 Å². The molecule has 0 aromatic carbocycles. The van der Waals surface area contributed by atoms with Crippen LogP contribution in [0.15, 0.2) is 0 Å². The van der Waals surface area contributed by atoms with E-state index in [0.29, 0.717) is 17.6 Å². The second kappa shape index (κ2) is 5.48. The number of hydrogen-bond donors (Lipinski definition) is 2. The standard InChI is InChI=1S/C13H26N2O/c1-11-12(5-8-16-11)9-14-10-13(2)6-3-4-7-15-13/h11-12,14-15H,3-10H2,1-2H3. The highest BCUT2D eigenvalue weighted by Gasteiger charge is 2.27. The summed E-state index contributed by atoms with van der Waals surface area (Å²) in [6.45, 7) is 8.87. The van der Waals surface area contributed by atoms with Crippen molar-refractivity contribution in [3.8, 4) is 0 Å². The van der Waals surface area contributed by atoms with Gasteiger partial charge in [-0.1, -0.05) is 6.42 Å². The largest absolute Gasteiger partial charge is 0.378 e. The highest BCUT2D eigenvalue weighted by molar-refractivity contribution is 4.89. The van der Waals surface area contributed by atoms with E-state index in [0.717, 1.165) is 19.7 Å². The lowest BCUT2D eigenvalue weighted by molar-refractivity contribution is 0.105. The van der Waals surface area contributed by atoms with Gasteiger partial charge in [0.25, 0.3) is 0 Å². The second-order valence-corrected chi connectivity index (χ2v) is 5.70. The van der Waals surface area contributed by atoms with Gasteiger partial charge in [-0.3, -0.25) is 0 Å². The van der Waals surface area contributed by atoms with Crippen LogP contribution in [0.5, 0.6) is 0 Å². The van der Waals surface area contributed by atoms with Gasteiger partial charge in [0.05, 0.1) is 6.10 Å². The van der Waals surface area contributed by atoms with Crippen LogP contribution in [0.25, 0.3) is 0 Å². The Balaban J connectivity index is 1.66. The summed E-state index contributed by atoms with van der Waals surface area (Å²) in [6, 6.07) is 0. The van der Waals surface area contributed by atoms with E-state index >= 15 is 0 Å². The Bertz CT molecular complexity index is 214. The van der Waals surface area contributed by atoms with Gasteiger partial charge in [-0.15, -0.1) is 0 Å². The number of hydrogen-bond acceptors (Lipinski definition) is 3. The molecule has 94 valence electrons. The molecule has 2 saturated heterocycles. The predicted molar refractivity (Wildman–Crippen MR) is 66.6 cm³/mol. The SMILES string of the molecule is CC1OCCC1CNCC1(C)CCCCN1. The molecular weight excluding hydrogens is 200 g/mol. The fourth-order valence-corrected chi connectivity index (χ4v) is 2.85. The van der Waals surface area contributed by atoms with E-state index < -0.39 is 0 Å². The third-order valence-electron chi connectivity index (χ3n) is 4.16. The fraction of sp³-hybridized carbons (Fsp3) is 1.00. The van der Waals surface area contributed by atoms with Crippen molar-refractivity contribution in [2.75, 3.05) is 26.2 Å². The molecule has 0 aromatic heterocycles. The molecule has 2 heterocycles. The number of rotatable bonds is 4. The summed E-state index contributed by atoms with van der Waals surface area (Å²) in [5.74, 6) is 0.715. The second-order valence-electron chi connectivity index (χ2n) is 5.70. The lowest BCUT2D eigenvalue weighted by atomic mass is 9.90. The summed E-state index contributed by atoms with van der Waals surface area (Å²) in [5.41, 5.74) is 0.320. The minimum Gasteiger partial charge on any atom is -0.378 e. The topological polar surface area (TPSA) is 33.3 Å². The monoisotopic (exact) mass is 226 g/mol. The van der Waals surface area contributed by atoms with Crippen molar-refractivity contribution in [1.82, 2.24) is 10.6 Å². The smallest absolute Gasteiger partial charge is 0.0588 e. The molecule has 0 aliphatic carbocycles. The highest BCUT2D eigenvalue weighted by Crippen LogP contribution is 2.21. The van der Waals surface area contributed by atoms with E-state index in [9.17, 15) is 0 Å². The van der Waals surface area contributed by atoms with Crippen LogP contribution >= 0.6 is 0 Å². The zero-order valence-electron chi connectivity index (χ0n) is 10.7. The van der Waals surface area contributed by atoms with Crippen molar-refractivity contribution < 1.29 is 4.74 Å². The first-order chi connectivity index (χ1) is 7.70. The van der Waals surface area contributed by atoms with E-state index in [2.05, 4.69) is 24.5 Å². The number of ether oxygens (including phenoxy) is 1. The van der Waals surface area contributed by atoms with Gasteiger partial charge >= 0.3 is 0 Å². The van der Waals surface area contributed by atoms with E-state index in [-0.39, 0.29) is 0 Å². The minimum atomic E-state index is 0.320. The first-order valence-corrected chi connectivity index (χ1v) is 6.77. The summed E-state index contributed by atoms with van der Waals surface area (Å²) in [4.78, 5) is 0. The summed E-state index contributed by atoms with van der Waals surface area (Å²) < 4.78 is 5.58. The van der Waals surface area contributed by atoms with Crippen LogP contribution in [0.2, 0.25) is 0 Å². The van der Waals surface area contributed by atoms with Gasteiger partial charge in [0.1, 0.15) is 0 Å². The average molecular weight is 226 g/mol. The molecule has 0 amide bonds. The van der Waals surface area contributed by atoms with Crippen LogP contribution < -0.4 is 10.6 Å². The van der Waals surface area contributed by atoms with Gasteiger partial charge in [-0.2, -0.15) is 0 Å². The molecule has 0 radical (unpaired) electrons. The van der Waals surface area contributed by atoms with Crippen molar-refractivity contribution in [3.05, 3.63) is 0 Å². The van der Waals surface area contributed by atoms with Gasteiger partial charge in [-0.05, 0) is 45.6 Å². The lowest BCUT2D eigenvalue weighted by Gasteiger charge is -2.35. The Kier molecular flexibility index (Phi) is 4.22. The molecule has 2 aliphatic heterocycles. The summed E-state index contributed by atoms with van der Waals surface area (Å²) >= 11 is 0. The molecular formula is C13H26N2O. The molecule has 2 rings (SSSR count). The van der Waals surface area contributed by atoms with E-state index in [1.165, 1.54) is 32.2 Å². The zero-order valence-corrected chi connectivity index (χ0v) is 10.7. The van der Waals surface area contributed by atoms with Crippen LogP contribution in [0, 0.1) is 5.92 Å². The minimum absolute atomic E-state index is 0.320. The molecule has 2 aliphatic rings. The maximum Gasteiger partial charge on any atom is 0.0588 e. The van der Waals surface area contributed by atoms with Crippen LogP contribution in [0.3, 0.4) is 0 Å². The van der Waals surface area contributed by atoms with Gasteiger partial charge in [-0.25, -0.2) is 0 Å². The summed E-state index contributed by atoms with van der Waals surface area (Å²) in [5, 5.41) is 7.26. The normalized spacial score (nSPS) is 40.1. The zero-order chi connectivity index (χ0) is 11.4. The Morgan fingerprint density at radius 1 is 1.44 bits per heavy atom. The van der Waals surface area contributed by atoms with Crippen molar-refractivity contribution in [2.24, 2.45) is 5.92 Å². The van der Waals surface area contributed by atoms with Gasteiger partial charge in [0, 0.05) is 25.2 Å². The Labute approximate surface area is 99.3 Å².